The predicted octanol–water partition coefficient (Wildman–Crippen LogP) is 1.63. The van der Waals surface area contributed by atoms with Gasteiger partial charge in [0.25, 0.3) is 0 Å². The molecular weight excluding hydrogens is 188 g/mol. The van der Waals surface area contributed by atoms with Gasteiger partial charge in [-0.1, -0.05) is 29.4 Å². The second kappa shape index (κ2) is 3.47. The van der Waals surface area contributed by atoms with Gasteiger partial charge >= 0.3 is 5.97 Å². The molecule has 1 aliphatic rings. The molecule has 1 unspecified atom stereocenters. The topological polar surface area (TPSA) is 46.5 Å². The van der Waals surface area contributed by atoms with E-state index in [1.54, 1.807) is 5.41 Å². The number of aliphatic carboxylic acids is 1. The second-order valence-electron chi connectivity index (χ2n) is 2.04. The molecule has 62 valence electrons. The second-order valence-corrected chi connectivity index (χ2v) is 4.04. The molecule has 0 saturated heterocycles. The van der Waals surface area contributed by atoms with Gasteiger partial charge in [0.05, 0.1) is 0 Å². The minimum absolute atomic E-state index is 0.349. The third-order valence-corrected chi connectivity index (χ3v) is 2.61. The van der Waals surface area contributed by atoms with E-state index < -0.39 is 10.4 Å². The van der Waals surface area contributed by atoms with E-state index in [9.17, 15) is 4.79 Å². The van der Waals surface area contributed by atoms with Gasteiger partial charge in [0.2, 0.25) is 0 Å². The summed E-state index contributed by atoms with van der Waals surface area (Å²) in [6.07, 6.45) is 2.39. The first-order chi connectivity index (χ1) is 5.12. The Bertz CT molecular complexity index is 184. The van der Waals surface area contributed by atoms with Gasteiger partial charge < -0.3 is 9.84 Å². The number of hydrogen-bond acceptors (Lipinski definition) is 3. The molecule has 11 heavy (non-hydrogen) atoms. The zero-order chi connectivity index (χ0) is 8.32. The van der Waals surface area contributed by atoms with Gasteiger partial charge in [-0.3, -0.25) is 0 Å². The largest absolute Gasteiger partial charge is 0.480 e. The van der Waals surface area contributed by atoms with E-state index in [2.05, 4.69) is 0 Å². The SMILES string of the molecule is O=C(O)COC1(Cl)CC=CS1. The molecule has 5 heteroatoms. The first kappa shape index (κ1) is 8.90. The van der Waals surface area contributed by atoms with Crippen molar-refractivity contribution in [1.29, 1.82) is 0 Å². The molecule has 1 atom stereocenters. The van der Waals surface area contributed by atoms with Gasteiger partial charge in [-0.15, -0.1) is 0 Å². The van der Waals surface area contributed by atoms with Gasteiger partial charge in [0.1, 0.15) is 6.61 Å². The minimum atomic E-state index is -1.00. The summed E-state index contributed by atoms with van der Waals surface area (Å²) in [7, 11) is 0. The monoisotopic (exact) mass is 194 g/mol. The van der Waals surface area contributed by atoms with E-state index >= 15 is 0 Å². The lowest BCUT2D eigenvalue weighted by atomic mass is 10.4. The number of ether oxygens (including phenoxy) is 1. The molecule has 3 nitrogen and oxygen atoms in total. The van der Waals surface area contributed by atoms with Gasteiger partial charge in [0.15, 0.2) is 4.39 Å². The third-order valence-electron chi connectivity index (χ3n) is 1.11. The van der Waals surface area contributed by atoms with E-state index in [4.69, 9.17) is 21.4 Å². The van der Waals surface area contributed by atoms with Gasteiger partial charge in [-0.05, 0) is 5.41 Å². The smallest absolute Gasteiger partial charge is 0.329 e. The number of halogens is 1. The maximum Gasteiger partial charge on any atom is 0.329 e. The van der Waals surface area contributed by atoms with Crippen molar-refractivity contribution < 1.29 is 14.6 Å². The highest BCUT2D eigenvalue weighted by Gasteiger charge is 2.30. The molecule has 0 aromatic heterocycles. The fourth-order valence-corrected chi connectivity index (χ4v) is 1.66. The number of carbonyl (C=O) groups is 1. The van der Waals surface area contributed by atoms with E-state index in [1.165, 1.54) is 11.8 Å². The maximum absolute atomic E-state index is 10.1. The number of carboxylic acids is 1. The standard InChI is InChI=1S/C6H7ClO3S/c7-6(2-1-3-11-6)10-4-5(8)9/h1,3H,2,4H2,(H,8,9). The van der Waals surface area contributed by atoms with Crippen molar-refractivity contribution in [2.75, 3.05) is 6.61 Å². The molecule has 0 radical (unpaired) electrons. The quantitative estimate of drug-likeness (QED) is 0.694. The molecule has 0 spiro atoms. The van der Waals surface area contributed by atoms with Crippen LogP contribution in [-0.4, -0.2) is 22.1 Å². The predicted molar refractivity (Wildman–Crippen MR) is 43.5 cm³/mol. The molecule has 0 aromatic rings. The van der Waals surface area contributed by atoms with Crippen LogP contribution in [0.15, 0.2) is 11.5 Å². The summed E-state index contributed by atoms with van der Waals surface area (Å²) in [5, 5.41) is 10.1. The Kier molecular flexibility index (Phi) is 2.81. The fourth-order valence-electron chi connectivity index (χ4n) is 0.649. The Balaban J connectivity index is 2.30. The number of carboxylic acid groups (broad SMARTS) is 1. The summed E-state index contributed by atoms with van der Waals surface area (Å²) < 4.78 is 4.04. The highest BCUT2D eigenvalue weighted by Crippen LogP contribution is 2.40. The van der Waals surface area contributed by atoms with Crippen LogP contribution >= 0.6 is 23.4 Å². The molecule has 0 aromatic carbocycles. The van der Waals surface area contributed by atoms with Crippen molar-refractivity contribution in [1.82, 2.24) is 0 Å². The van der Waals surface area contributed by atoms with Crippen LogP contribution in [0.1, 0.15) is 6.42 Å². The third kappa shape index (κ3) is 2.73. The first-order valence-corrected chi connectivity index (χ1v) is 4.26. The highest BCUT2D eigenvalue weighted by atomic mass is 35.5. The molecule has 0 aliphatic carbocycles. The van der Waals surface area contributed by atoms with E-state index in [0.29, 0.717) is 6.42 Å². The molecule has 0 saturated carbocycles. The normalized spacial score (nSPS) is 29.2. The molecule has 0 fully saturated rings. The average molecular weight is 195 g/mol. The molecule has 0 bridgehead atoms. The summed E-state index contributed by atoms with van der Waals surface area (Å²) in [5.41, 5.74) is 0. The number of alkyl halides is 1. The summed E-state index contributed by atoms with van der Waals surface area (Å²) in [4.78, 5) is 10.1. The summed E-state index contributed by atoms with van der Waals surface area (Å²) >= 11 is 7.12. The highest BCUT2D eigenvalue weighted by molar-refractivity contribution is 8.04. The minimum Gasteiger partial charge on any atom is -0.480 e. The van der Waals surface area contributed by atoms with Crippen molar-refractivity contribution in [3.63, 3.8) is 0 Å². The lowest BCUT2D eigenvalue weighted by Crippen LogP contribution is -2.21. The molecule has 1 aliphatic heterocycles. The van der Waals surface area contributed by atoms with Crippen molar-refractivity contribution in [3.05, 3.63) is 11.5 Å². The Morgan fingerprint density at radius 1 is 1.91 bits per heavy atom. The van der Waals surface area contributed by atoms with Crippen molar-refractivity contribution in [3.8, 4) is 0 Å². The lowest BCUT2D eigenvalue weighted by molar-refractivity contribution is -0.143. The van der Waals surface area contributed by atoms with E-state index in [1.807, 2.05) is 6.08 Å². The first-order valence-electron chi connectivity index (χ1n) is 3.00. The summed E-state index contributed by atoms with van der Waals surface area (Å²) in [5.74, 6) is -1.00. The maximum atomic E-state index is 10.1. The van der Waals surface area contributed by atoms with Crippen molar-refractivity contribution >= 4 is 29.3 Å². The molecule has 1 rings (SSSR count). The van der Waals surface area contributed by atoms with Crippen LogP contribution in [0, 0.1) is 0 Å². The molecule has 1 N–H and O–H groups in total. The van der Waals surface area contributed by atoms with Crippen LogP contribution in [-0.2, 0) is 9.53 Å². The van der Waals surface area contributed by atoms with E-state index in [0.717, 1.165) is 0 Å². The Hall–Kier alpha value is -0.190. The van der Waals surface area contributed by atoms with E-state index in [-0.39, 0.29) is 6.61 Å². The molecule has 1 heterocycles. The summed E-state index contributed by atoms with van der Waals surface area (Å²) in [6, 6.07) is 0. The van der Waals surface area contributed by atoms with Crippen LogP contribution in [0.25, 0.3) is 0 Å². The fraction of sp³-hybridized carbons (Fsp3) is 0.500. The van der Waals surface area contributed by atoms with Crippen molar-refractivity contribution in [2.24, 2.45) is 0 Å². The summed E-state index contributed by atoms with van der Waals surface area (Å²) in [6.45, 7) is -0.349. The molecular formula is C6H7ClO3S. The Labute approximate surface area is 73.4 Å². The van der Waals surface area contributed by atoms with Crippen LogP contribution < -0.4 is 0 Å². The van der Waals surface area contributed by atoms with Crippen LogP contribution in [0.4, 0.5) is 0 Å². The van der Waals surface area contributed by atoms with Gasteiger partial charge in [0, 0.05) is 6.42 Å². The van der Waals surface area contributed by atoms with Crippen LogP contribution in [0.2, 0.25) is 0 Å². The van der Waals surface area contributed by atoms with Crippen LogP contribution in [0.5, 0.6) is 0 Å². The van der Waals surface area contributed by atoms with Crippen LogP contribution in [0.3, 0.4) is 0 Å². The number of rotatable bonds is 3. The number of hydrogen-bond donors (Lipinski definition) is 1. The zero-order valence-corrected chi connectivity index (χ0v) is 7.19. The zero-order valence-electron chi connectivity index (χ0n) is 5.62. The Morgan fingerprint density at radius 2 is 2.64 bits per heavy atom. The Morgan fingerprint density at radius 3 is 3.09 bits per heavy atom. The van der Waals surface area contributed by atoms with Crippen molar-refractivity contribution in [2.45, 2.75) is 10.8 Å². The average Bonchev–Trinajstić information content (AvgIpc) is 2.33. The number of thioether (sulfide) groups is 1. The lowest BCUT2D eigenvalue weighted by Gasteiger charge is -2.18. The van der Waals surface area contributed by atoms with Gasteiger partial charge in [-0.2, -0.15) is 0 Å². The molecule has 0 amide bonds. The van der Waals surface area contributed by atoms with Gasteiger partial charge in [-0.25, -0.2) is 4.79 Å².